The summed E-state index contributed by atoms with van der Waals surface area (Å²) in [5, 5.41) is 3.32. The highest BCUT2D eigenvalue weighted by atomic mass is 16.3. The quantitative estimate of drug-likeness (QED) is 0.169. The van der Waals surface area contributed by atoms with Crippen molar-refractivity contribution in [2.45, 2.75) is 6.42 Å². The van der Waals surface area contributed by atoms with E-state index in [2.05, 4.69) is 24.3 Å². The van der Waals surface area contributed by atoms with Crippen molar-refractivity contribution in [1.29, 1.82) is 0 Å². The van der Waals surface area contributed by atoms with Crippen LogP contribution >= 0.6 is 0 Å². The maximum atomic E-state index is 9.27. The second kappa shape index (κ2) is 11.6. The highest BCUT2D eigenvalue weighted by Crippen LogP contribution is 2.42. The smallest absolute Gasteiger partial charge is 0.136 e. The molecule has 0 N–H and O–H groups in total. The SMILES string of the molecule is [2H]c1c([2H])c([2H])c(Cc2c3c([2H])c([2H])c([2H])c([2H])c3c(-c3ccc4cc(-c5cccc6oc7cc(-c8ccccc8)ccc7c56)ccc4c3)c3c([2H])c([2H])c([2H])c([2H])c23)c([2H])c1[2H]. The Balaban J connectivity index is 1.21. The molecule has 1 nitrogen and oxygen atoms in total. The first-order valence-corrected chi connectivity index (χ1v) is 16.2. The van der Waals surface area contributed by atoms with Crippen LogP contribution in [0.3, 0.4) is 0 Å². The molecule has 0 spiro atoms. The molecule has 0 radical (unpaired) electrons. The third kappa shape index (κ3) is 4.70. The fourth-order valence-corrected chi connectivity index (χ4v) is 7.15. The molecule has 0 aliphatic rings. The maximum Gasteiger partial charge on any atom is 0.136 e. The molecule has 10 aromatic rings. The Morgan fingerprint density at radius 1 is 0.440 bits per heavy atom. The van der Waals surface area contributed by atoms with Gasteiger partial charge in [0.1, 0.15) is 11.2 Å². The minimum absolute atomic E-state index is 0.0102. The zero-order valence-corrected chi connectivity index (χ0v) is 26.4. The highest BCUT2D eigenvalue weighted by molar-refractivity contribution is 6.16. The number of hydrogen-bond donors (Lipinski definition) is 0. The van der Waals surface area contributed by atoms with Gasteiger partial charge in [-0.05, 0) is 114 Å². The molecular weight excluding hydrogens is 605 g/mol. The van der Waals surface area contributed by atoms with Gasteiger partial charge in [0.2, 0.25) is 0 Å². The van der Waals surface area contributed by atoms with Crippen LogP contribution in [0.5, 0.6) is 0 Å². The summed E-state index contributed by atoms with van der Waals surface area (Å²) in [6.45, 7) is 0. The van der Waals surface area contributed by atoms with E-state index in [1.165, 1.54) is 0 Å². The van der Waals surface area contributed by atoms with E-state index in [-0.39, 0.29) is 38.2 Å². The Bertz CT molecular complexity index is 3520. The summed E-state index contributed by atoms with van der Waals surface area (Å²) < 4.78 is 120. The number of rotatable bonds is 5. The van der Waals surface area contributed by atoms with Gasteiger partial charge in [0.15, 0.2) is 0 Å². The minimum Gasteiger partial charge on any atom is -0.456 e. The van der Waals surface area contributed by atoms with Crippen LogP contribution in [0.25, 0.3) is 87.6 Å². The Hall–Kier alpha value is -6.44. The number of furan rings is 1. The lowest BCUT2D eigenvalue weighted by molar-refractivity contribution is 0.669. The summed E-state index contributed by atoms with van der Waals surface area (Å²) in [7, 11) is 0. The van der Waals surface area contributed by atoms with Gasteiger partial charge in [-0.25, -0.2) is 0 Å². The van der Waals surface area contributed by atoms with E-state index in [4.69, 9.17) is 16.8 Å². The zero-order chi connectivity index (χ0) is 44.3. The van der Waals surface area contributed by atoms with Crippen LogP contribution < -0.4 is 0 Å². The van der Waals surface area contributed by atoms with Gasteiger partial charge in [-0.3, -0.25) is 0 Å². The average Bonchev–Trinajstić information content (AvgIpc) is 3.69. The van der Waals surface area contributed by atoms with E-state index in [9.17, 15) is 5.48 Å². The van der Waals surface area contributed by atoms with Gasteiger partial charge in [0.25, 0.3) is 0 Å². The van der Waals surface area contributed by atoms with Gasteiger partial charge in [0, 0.05) is 10.8 Å². The predicted molar refractivity (Wildman–Crippen MR) is 212 cm³/mol. The topological polar surface area (TPSA) is 13.1 Å². The summed E-state index contributed by atoms with van der Waals surface area (Å²) in [5.41, 5.74) is 5.89. The largest absolute Gasteiger partial charge is 0.456 e. The predicted octanol–water partition coefficient (Wildman–Crippen LogP) is 13.6. The van der Waals surface area contributed by atoms with Crippen LogP contribution in [0.2, 0.25) is 0 Å². The Labute approximate surface area is 308 Å². The van der Waals surface area contributed by atoms with E-state index in [0.29, 0.717) is 5.56 Å². The summed E-state index contributed by atoms with van der Waals surface area (Å²) in [6.07, 6.45) is -0.486. The van der Waals surface area contributed by atoms with Crippen LogP contribution in [0.4, 0.5) is 0 Å². The molecule has 0 unspecified atom stereocenters. The lowest BCUT2D eigenvalue weighted by Crippen LogP contribution is -1.95. The maximum absolute atomic E-state index is 9.27. The fourth-order valence-electron chi connectivity index (χ4n) is 7.15. The van der Waals surface area contributed by atoms with Crippen molar-refractivity contribution >= 4 is 54.3 Å². The molecule has 10 rings (SSSR count). The Morgan fingerprint density at radius 2 is 1.08 bits per heavy atom. The molecule has 0 fully saturated rings. The van der Waals surface area contributed by atoms with Gasteiger partial charge in [0.05, 0.1) is 17.8 Å². The molecule has 50 heavy (non-hydrogen) atoms. The zero-order valence-electron chi connectivity index (χ0n) is 39.4. The molecule has 1 heterocycles. The van der Waals surface area contributed by atoms with E-state index in [1.54, 1.807) is 6.07 Å². The molecule has 0 aliphatic heterocycles. The van der Waals surface area contributed by atoms with Gasteiger partial charge in [-0.2, -0.15) is 0 Å². The van der Waals surface area contributed by atoms with E-state index >= 15 is 0 Å². The number of fused-ring (bicyclic) bond motifs is 6. The first-order chi connectivity index (χ1) is 30.2. The standard InChI is InChI=1S/C49H32O/c1-3-12-32(13-4-1)28-45-40-16-7-9-18-42(40)48(43-19-10-8-17-41(43)45)38-25-23-34-29-37(24-22-35(34)30-38)39-20-11-21-46-49(39)44-27-26-36(31-47(44)50-46)33-14-5-2-6-15-33/h1-27,29-31H,28H2/i1D,3D,4D,7D,8D,9D,10D,12D,13D,16D,17D,18D,19D. The second-order valence-corrected chi connectivity index (χ2v) is 12.3. The van der Waals surface area contributed by atoms with Crippen LogP contribution in [0.1, 0.15) is 28.9 Å². The summed E-state index contributed by atoms with van der Waals surface area (Å²) in [5.74, 6) is 0. The summed E-state index contributed by atoms with van der Waals surface area (Å²) in [4.78, 5) is 0. The van der Waals surface area contributed by atoms with Crippen LogP contribution in [-0.4, -0.2) is 0 Å². The van der Waals surface area contributed by atoms with Crippen molar-refractivity contribution in [2.24, 2.45) is 0 Å². The lowest BCUT2D eigenvalue weighted by atomic mass is 9.86. The van der Waals surface area contributed by atoms with Gasteiger partial charge < -0.3 is 4.42 Å². The van der Waals surface area contributed by atoms with E-state index in [0.717, 1.165) is 55.0 Å². The summed E-state index contributed by atoms with van der Waals surface area (Å²) in [6, 6.07) is 26.6. The molecule has 0 aliphatic carbocycles. The van der Waals surface area contributed by atoms with Crippen LogP contribution in [0.15, 0.2) is 186 Å². The third-order valence-electron chi connectivity index (χ3n) is 9.43. The molecule has 0 amide bonds. The molecule has 1 heteroatoms. The first-order valence-electron chi connectivity index (χ1n) is 22.7. The Kier molecular flexibility index (Phi) is 4.26. The van der Waals surface area contributed by atoms with E-state index in [1.807, 2.05) is 72.8 Å². The van der Waals surface area contributed by atoms with Gasteiger partial charge in [-0.1, -0.05) is 151 Å². The molecule has 0 saturated carbocycles. The average molecular weight is 650 g/mol. The van der Waals surface area contributed by atoms with Crippen molar-refractivity contribution in [1.82, 2.24) is 0 Å². The van der Waals surface area contributed by atoms with Crippen molar-refractivity contribution < 1.29 is 22.2 Å². The van der Waals surface area contributed by atoms with Gasteiger partial charge >= 0.3 is 0 Å². The normalized spacial score (nSPS) is 15.3. The summed E-state index contributed by atoms with van der Waals surface area (Å²) >= 11 is 0. The fraction of sp³-hybridized carbons (Fsp3) is 0.0204. The minimum atomic E-state index is -0.615. The molecule has 1 aromatic heterocycles. The molecule has 9 aromatic carbocycles. The second-order valence-electron chi connectivity index (χ2n) is 12.3. The van der Waals surface area contributed by atoms with Crippen molar-refractivity contribution in [3.63, 3.8) is 0 Å². The van der Waals surface area contributed by atoms with Crippen molar-refractivity contribution in [3.8, 4) is 33.4 Å². The Morgan fingerprint density at radius 3 is 1.82 bits per heavy atom. The van der Waals surface area contributed by atoms with Crippen LogP contribution in [-0.2, 0) is 6.42 Å². The molecule has 234 valence electrons. The molecule has 0 saturated heterocycles. The monoisotopic (exact) mass is 649 g/mol. The lowest BCUT2D eigenvalue weighted by Gasteiger charge is -2.18. The van der Waals surface area contributed by atoms with Crippen molar-refractivity contribution in [3.05, 3.63) is 193 Å². The first kappa shape index (κ1) is 18.4. The van der Waals surface area contributed by atoms with Gasteiger partial charge in [-0.15, -0.1) is 0 Å². The van der Waals surface area contributed by atoms with E-state index < -0.39 is 85.0 Å². The highest BCUT2D eigenvalue weighted by Gasteiger charge is 2.17. The molecule has 0 bridgehead atoms. The molecule has 0 atom stereocenters. The van der Waals surface area contributed by atoms with Crippen LogP contribution in [0, 0.1) is 0 Å². The van der Waals surface area contributed by atoms with Crippen molar-refractivity contribution in [2.75, 3.05) is 0 Å². The third-order valence-corrected chi connectivity index (χ3v) is 9.43. The molecular formula is C49H32O. The number of hydrogen-bond acceptors (Lipinski definition) is 1. The number of benzene rings is 9.